The summed E-state index contributed by atoms with van der Waals surface area (Å²) in [6.07, 6.45) is 0.341. The molecule has 2 aromatic carbocycles. The lowest BCUT2D eigenvalue weighted by molar-refractivity contribution is 0.340. The number of hydrogen-bond acceptors (Lipinski definition) is 6. The molecule has 0 fully saturated rings. The second kappa shape index (κ2) is 8.69. The van der Waals surface area contributed by atoms with Crippen LogP contribution in [0.5, 0.6) is 5.75 Å². The molecule has 0 aliphatic rings. The van der Waals surface area contributed by atoms with Gasteiger partial charge in [-0.2, -0.15) is 10.1 Å². The third-order valence-electron chi connectivity index (χ3n) is 4.44. The molecule has 4 rings (SSSR count). The molecule has 0 N–H and O–H groups in total. The van der Waals surface area contributed by atoms with E-state index in [0.717, 1.165) is 11.3 Å². The molecular formula is C22H19FN4O3. The minimum absolute atomic E-state index is 0.219. The van der Waals surface area contributed by atoms with Crippen LogP contribution < -0.4 is 10.3 Å². The van der Waals surface area contributed by atoms with Crippen molar-refractivity contribution in [2.75, 3.05) is 6.61 Å². The Kier molecular flexibility index (Phi) is 5.65. The lowest BCUT2D eigenvalue weighted by Gasteiger charge is -2.07. The van der Waals surface area contributed by atoms with E-state index in [1.807, 2.05) is 31.2 Å². The summed E-state index contributed by atoms with van der Waals surface area (Å²) in [6.45, 7) is 2.81. The van der Waals surface area contributed by atoms with E-state index in [1.54, 1.807) is 18.2 Å². The van der Waals surface area contributed by atoms with Gasteiger partial charge in [-0.25, -0.2) is 9.07 Å². The minimum atomic E-state index is -0.333. The van der Waals surface area contributed by atoms with Crippen molar-refractivity contribution in [2.45, 2.75) is 19.9 Å². The molecule has 8 heteroatoms. The van der Waals surface area contributed by atoms with E-state index in [1.165, 1.54) is 22.9 Å². The van der Waals surface area contributed by atoms with Gasteiger partial charge < -0.3 is 9.26 Å². The molecule has 0 saturated carbocycles. The Morgan fingerprint density at radius 2 is 1.73 bits per heavy atom. The van der Waals surface area contributed by atoms with Crippen molar-refractivity contribution in [1.29, 1.82) is 0 Å². The van der Waals surface area contributed by atoms with Gasteiger partial charge in [0.2, 0.25) is 11.7 Å². The number of aryl methyl sites for hydroxylation is 2. The van der Waals surface area contributed by atoms with Gasteiger partial charge >= 0.3 is 0 Å². The molecule has 0 atom stereocenters. The van der Waals surface area contributed by atoms with Crippen LogP contribution in [0.3, 0.4) is 0 Å². The molecule has 0 spiro atoms. The Bertz CT molecular complexity index is 1180. The number of benzene rings is 2. The highest BCUT2D eigenvalue weighted by molar-refractivity contribution is 5.59. The van der Waals surface area contributed by atoms with E-state index in [2.05, 4.69) is 15.2 Å². The summed E-state index contributed by atoms with van der Waals surface area (Å²) in [5.74, 6) is 1.19. The molecule has 0 saturated heterocycles. The van der Waals surface area contributed by atoms with E-state index in [4.69, 9.17) is 9.26 Å². The number of nitrogens with zero attached hydrogens (tertiary/aromatic N) is 4. The maximum atomic E-state index is 13.1. The van der Waals surface area contributed by atoms with Gasteiger partial charge in [0, 0.05) is 23.6 Å². The van der Waals surface area contributed by atoms with Crippen molar-refractivity contribution >= 4 is 0 Å². The van der Waals surface area contributed by atoms with E-state index >= 15 is 0 Å². The zero-order valence-corrected chi connectivity index (χ0v) is 16.3. The van der Waals surface area contributed by atoms with Crippen LogP contribution in [0.2, 0.25) is 0 Å². The largest absolute Gasteiger partial charge is 0.494 e. The van der Waals surface area contributed by atoms with Crippen LogP contribution in [0.25, 0.3) is 22.6 Å². The average molecular weight is 406 g/mol. The Morgan fingerprint density at radius 3 is 2.47 bits per heavy atom. The van der Waals surface area contributed by atoms with Crippen LogP contribution in [-0.4, -0.2) is 26.5 Å². The highest BCUT2D eigenvalue weighted by Gasteiger charge is 2.10. The van der Waals surface area contributed by atoms with Crippen LogP contribution >= 0.6 is 0 Å². The Morgan fingerprint density at radius 1 is 1.00 bits per heavy atom. The van der Waals surface area contributed by atoms with Crippen molar-refractivity contribution in [2.24, 2.45) is 0 Å². The fourth-order valence-corrected chi connectivity index (χ4v) is 2.93. The van der Waals surface area contributed by atoms with Crippen molar-refractivity contribution in [3.63, 3.8) is 0 Å². The lowest BCUT2D eigenvalue weighted by atomic mass is 10.1. The number of rotatable bonds is 7. The second-order valence-electron chi connectivity index (χ2n) is 6.51. The normalized spacial score (nSPS) is 10.9. The minimum Gasteiger partial charge on any atom is -0.494 e. The summed E-state index contributed by atoms with van der Waals surface area (Å²) in [6, 6.07) is 16.5. The maximum absolute atomic E-state index is 13.1. The molecule has 0 unspecified atom stereocenters. The summed E-state index contributed by atoms with van der Waals surface area (Å²) in [4.78, 5) is 16.5. The highest BCUT2D eigenvalue weighted by Crippen LogP contribution is 2.20. The smallest absolute Gasteiger partial charge is 0.266 e. The zero-order chi connectivity index (χ0) is 20.9. The van der Waals surface area contributed by atoms with E-state index in [0.29, 0.717) is 36.0 Å². The zero-order valence-electron chi connectivity index (χ0n) is 16.3. The first-order valence-corrected chi connectivity index (χ1v) is 9.52. The number of aromatic nitrogens is 4. The monoisotopic (exact) mass is 406 g/mol. The van der Waals surface area contributed by atoms with Gasteiger partial charge in [-0.15, -0.1) is 0 Å². The highest BCUT2D eigenvalue weighted by atomic mass is 19.1. The molecular weight excluding hydrogens is 387 g/mol. The van der Waals surface area contributed by atoms with E-state index < -0.39 is 0 Å². The number of hydrogen-bond donors (Lipinski definition) is 0. The predicted octanol–water partition coefficient (Wildman–Crippen LogP) is 3.74. The van der Waals surface area contributed by atoms with Crippen LogP contribution in [-0.2, 0) is 13.0 Å². The summed E-state index contributed by atoms with van der Waals surface area (Å²) >= 11 is 0. The second-order valence-corrected chi connectivity index (χ2v) is 6.51. The summed E-state index contributed by atoms with van der Waals surface area (Å²) in [5, 5.41) is 8.35. The van der Waals surface area contributed by atoms with E-state index in [9.17, 15) is 9.18 Å². The molecule has 2 aromatic heterocycles. The molecule has 0 aliphatic heterocycles. The lowest BCUT2D eigenvalue weighted by Crippen LogP contribution is -2.23. The Hall–Kier alpha value is -3.81. The fraction of sp³-hybridized carbons (Fsp3) is 0.182. The predicted molar refractivity (Wildman–Crippen MR) is 108 cm³/mol. The van der Waals surface area contributed by atoms with Gasteiger partial charge in [0.15, 0.2) is 0 Å². The Balaban J connectivity index is 1.48. The average Bonchev–Trinajstić information content (AvgIpc) is 3.24. The van der Waals surface area contributed by atoms with Crippen LogP contribution in [0, 0.1) is 5.82 Å². The van der Waals surface area contributed by atoms with Gasteiger partial charge in [0.1, 0.15) is 11.6 Å². The first kappa shape index (κ1) is 19.5. The maximum Gasteiger partial charge on any atom is 0.266 e. The van der Waals surface area contributed by atoms with Crippen LogP contribution in [0.1, 0.15) is 12.8 Å². The third-order valence-corrected chi connectivity index (χ3v) is 4.44. The third kappa shape index (κ3) is 4.43. The van der Waals surface area contributed by atoms with Gasteiger partial charge in [0.25, 0.3) is 5.56 Å². The van der Waals surface area contributed by atoms with Gasteiger partial charge in [-0.3, -0.25) is 4.79 Å². The molecule has 4 aromatic rings. The first-order chi connectivity index (χ1) is 14.6. The number of halogens is 1. The summed E-state index contributed by atoms with van der Waals surface area (Å²) in [7, 11) is 0. The first-order valence-electron chi connectivity index (χ1n) is 9.52. The van der Waals surface area contributed by atoms with Crippen molar-refractivity contribution in [1.82, 2.24) is 19.9 Å². The number of ether oxygens (including phenoxy) is 1. The molecule has 30 heavy (non-hydrogen) atoms. The fourth-order valence-electron chi connectivity index (χ4n) is 2.93. The SMILES string of the molecule is CCOc1ccc(-c2ccc(=O)n(CCc3nc(-c4ccc(F)cc4)no3)n2)cc1. The molecule has 7 nitrogen and oxygen atoms in total. The van der Waals surface area contributed by atoms with Gasteiger partial charge in [-0.1, -0.05) is 5.16 Å². The quantitative estimate of drug-likeness (QED) is 0.465. The van der Waals surface area contributed by atoms with Crippen molar-refractivity contribution in [3.05, 3.63) is 82.7 Å². The molecule has 2 heterocycles. The van der Waals surface area contributed by atoms with Gasteiger partial charge in [-0.05, 0) is 61.5 Å². The summed E-state index contributed by atoms with van der Waals surface area (Å²) in [5.41, 5.74) is 1.99. The van der Waals surface area contributed by atoms with Crippen molar-refractivity contribution in [3.8, 4) is 28.4 Å². The van der Waals surface area contributed by atoms with Crippen LogP contribution in [0.15, 0.2) is 70.0 Å². The van der Waals surface area contributed by atoms with E-state index in [-0.39, 0.29) is 17.9 Å². The molecule has 0 bridgehead atoms. The van der Waals surface area contributed by atoms with Gasteiger partial charge in [0.05, 0.1) is 18.8 Å². The van der Waals surface area contributed by atoms with Crippen molar-refractivity contribution < 1.29 is 13.7 Å². The molecule has 0 amide bonds. The molecule has 0 radical (unpaired) electrons. The topological polar surface area (TPSA) is 83.0 Å². The molecule has 0 aliphatic carbocycles. The Labute approximate surface area is 171 Å². The van der Waals surface area contributed by atoms with Crippen LogP contribution in [0.4, 0.5) is 4.39 Å². The standard InChI is InChI=1S/C22H19FN4O3/c1-2-29-18-9-5-15(6-10-18)19-11-12-21(28)27(25-19)14-13-20-24-22(26-30-20)16-3-7-17(23)8-4-16/h3-12H,2,13-14H2,1H3. The molecule has 152 valence electrons. The summed E-state index contributed by atoms with van der Waals surface area (Å²) < 4.78 is 25.1.